The number of amides is 2. The first-order valence-electron chi connectivity index (χ1n) is 5.94. The van der Waals surface area contributed by atoms with Gasteiger partial charge in [-0.15, -0.1) is 0 Å². The Hall–Kier alpha value is -1.30. The van der Waals surface area contributed by atoms with E-state index in [0.29, 0.717) is 5.92 Å². The van der Waals surface area contributed by atoms with Gasteiger partial charge in [-0.2, -0.15) is 0 Å². The average molecular weight is 244 g/mol. The van der Waals surface area contributed by atoms with Crippen molar-refractivity contribution >= 4 is 12.0 Å². The molecule has 1 saturated carbocycles. The predicted molar refractivity (Wildman–Crippen MR) is 61.6 cm³/mol. The number of rotatable bonds is 5. The number of nitrogens with one attached hydrogen (secondary N) is 2. The number of carboxylic acids is 1. The molecule has 6 heteroatoms. The number of hydrogen-bond acceptors (Lipinski definition) is 3. The summed E-state index contributed by atoms with van der Waals surface area (Å²) in [5, 5.41) is 22.8. The van der Waals surface area contributed by atoms with Crippen LogP contribution in [0.15, 0.2) is 0 Å². The van der Waals surface area contributed by atoms with Crippen molar-refractivity contribution in [2.24, 2.45) is 5.92 Å². The van der Waals surface area contributed by atoms with Crippen LogP contribution in [0, 0.1) is 5.92 Å². The first-order chi connectivity index (χ1) is 7.99. The minimum Gasteiger partial charge on any atom is -0.479 e. The van der Waals surface area contributed by atoms with E-state index in [1.807, 2.05) is 0 Å². The number of carboxylic acid groups (broad SMARTS) is 1. The molecule has 0 aromatic rings. The first-order valence-corrected chi connectivity index (χ1v) is 5.94. The standard InChI is InChI=1S/C11H20N2O4/c1-7-2-3-8(6-7)13-11(17)12-5-4-9(14)10(15)16/h7-9,14H,2-6H2,1H3,(H,15,16)(H2,12,13,17). The van der Waals surface area contributed by atoms with Gasteiger partial charge in [-0.1, -0.05) is 6.92 Å². The number of urea groups is 1. The summed E-state index contributed by atoms with van der Waals surface area (Å²) in [6.45, 7) is 2.31. The molecule has 1 rings (SSSR count). The van der Waals surface area contributed by atoms with Crippen molar-refractivity contribution in [1.82, 2.24) is 10.6 Å². The van der Waals surface area contributed by atoms with Crippen LogP contribution in [0.3, 0.4) is 0 Å². The second kappa shape index (κ2) is 6.44. The van der Waals surface area contributed by atoms with E-state index in [-0.39, 0.29) is 25.0 Å². The highest BCUT2D eigenvalue weighted by atomic mass is 16.4. The number of aliphatic carboxylic acids is 1. The van der Waals surface area contributed by atoms with Crippen LogP contribution in [-0.2, 0) is 4.79 Å². The molecule has 0 aromatic carbocycles. The topological polar surface area (TPSA) is 98.7 Å². The molecule has 0 saturated heterocycles. The number of carbonyl (C=O) groups excluding carboxylic acids is 1. The van der Waals surface area contributed by atoms with Gasteiger partial charge in [0.05, 0.1) is 0 Å². The Morgan fingerprint density at radius 3 is 2.65 bits per heavy atom. The minimum absolute atomic E-state index is 0.0177. The van der Waals surface area contributed by atoms with E-state index in [9.17, 15) is 9.59 Å². The van der Waals surface area contributed by atoms with Crippen LogP contribution in [0.5, 0.6) is 0 Å². The Kier molecular flexibility index (Phi) is 5.21. The molecule has 2 amide bonds. The maximum atomic E-state index is 11.4. The number of aliphatic hydroxyl groups excluding tert-OH is 1. The Labute approximate surface area is 100 Å². The zero-order valence-electron chi connectivity index (χ0n) is 9.98. The molecule has 98 valence electrons. The van der Waals surface area contributed by atoms with Gasteiger partial charge in [0.2, 0.25) is 0 Å². The fraction of sp³-hybridized carbons (Fsp3) is 0.818. The maximum absolute atomic E-state index is 11.4. The highest BCUT2D eigenvalue weighted by Gasteiger charge is 2.22. The van der Waals surface area contributed by atoms with Crippen LogP contribution >= 0.6 is 0 Å². The van der Waals surface area contributed by atoms with Gasteiger partial charge in [-0.3, -0.25) is 0 Å². The van der Waals surface area contributed by atoms with E-state index in [4.69, 9.17) is 10.2 Å². The fourth-order valence-corrected chi connectivity index (χ4v) is 2.02. The summed E-state index contributed by atoms with van der Waals surface area (Å²) in [5.74, 6) is -0.619. The smallest absolute Gasteiger partial charge is 0.332 e. The predicted octanol–water partition coefficient (Wildman–Crippen LogP) is 0.310. The molecule has 3 atom stereocenters. The summed E-state index contributed by atoms with van der Waals surface area (Å²) in [7, 11) is 0. The zero-order valence-corrected chi connectivity index (χ0v) is 9.98. The lowest BCUT2D eigenvalue weighted by molar-refractivity contribution is -0.146. The van der Waals surface area contributed by atoms with Gasteiger partial charge >= 0.3 is 12.0 Å². The van der Waals surface area contributed by atoms with E-state index in [0.717, 1.165) is 19.3 Å². The Bertz CT molecular complexity index is 283. The van der Waals surface area contributed by atoms with Crippen LogP contribution in [0.25, 0.3) is 0 Å². The minimum atomic E-state index is -1.41. The first kappa shape index (κ1) is 13.8. The second-order valence-corrected chi connectivity index (χ2v) is 4.66. The van der Waals surface area contributed by atoms with Gasteiger partial charge in [0.25, 0.3) is 0 Å². The lowest BCUT2D eigenvalue weighted by Gasteiger charge is -2.13. The Morgan fingerprint density at radius 1 is 1.41 bits per heavy atom. The maximum Gasteiger partial charge on any atom is 0.332 e. The molecule has 0 bridgehead atoms. The second-order valence-electron chi connectivity index (χ2n) is 4.66. The summed E-state index contributed by atoms with van der Waals surface area (Å²) in [6, 6.07) is -0.0731. The van der Waals surface area contributed by atoms with Crippen LogP contribution in [0.2, 0.25) is 0 Å². The third kappa shape index (κ3) is 5.04. The highest BCUT2D eigenvalue weighted by molar-refractivity contribution is 5.74. The van der Waals surface area contributed by atoms with Crippen molar-refractivity contribution in [2.75, 3.05) is 6.54 Å². The van der Waals surface area contributed by atoms with E-state index in [1.54, 1.807) is 0 Å². The molecule has 1 fully saturated rings. The number of aliphatic hydroxyl groups is 1. The van der Waals surface area contributed by atoms with E-state index in [2.05, 4.69) is 17.6 Å². The van der Waals surface area contributed by atoms with Gasteiger partial charge in [0, 0.05) is 19.0 Å². The van der Waals surface area contributed by atoms with Gasteiger partial charge < -0.3 is 20.8 Å². The third-order valence-corrected chi connectivity index (χ3v) is 3.02. The molecule has 0 heterocycles. The van der Waals surface area contributed by atoms with Gasteiger partial charge in [0.1, 0.15) is 0 Å². The van der Waals surface area contributed by atoms with E-state index < -0.39 is 12.1 Å². The molecule has 0 aliphatic heterocycles. The van der Waals surface area contributed by atoms with Gasteiger partial charge in [-0.05, 0) is 25.2 Å². The molecule has 6 nitrogen and oxygen atoms in total. The summed E-state index contributed by atoms with van der Waals surface area (Å²) in [6.07, 6.45) is 1.71. The van der Waals surface area contributed by atoms with Crippen molar-refractivity contribution in [1.29, 1.82) is 0 Å². The largest absolute Gasteiger partial charge is 0.479 e. The van der Waals surface area contributed by atoms with Crippen LogP contribution in [0.1, 0.15) is 32.6 Å². The molecule has 17 heavy (non-hydrogen) atoms. The van der Waals surface area contributed by atoms with Gasteiger partial charge in [0.15, 0.2) is 6.10 Å². The molecule has 3 unspecified atom stereocenters. The molecule has 1 aliphatic carbocycles. The molecule has 1 aliphatic rings. The van der Waals surface area contributed by atoms with Crippen LogP contribution in [0.4, 0.5) is 4.79 Å². The molecule has 0 aromatic heterocycles. The molecular weight excluding hydrogens is 224 g/mol. The van der Waals surface area contributed by atoms with Crippen LogP contribution in [-0.4, -0.2) is 40.9 Å². The molecule has 0 spiro atoms. The summed E-state index contributed by atoms with van der Waals surface area (Å²) < 4.78 is 0. The van der Waals surface area contributed by atoms with Crippen molar-refractivity contribution in [3.63, 3.8) is 0 Å². The number of carbonyl (C=O) groups is 2. The SMILES string of the molecule is CC1CCC(NC(=O)NCCC(O)C(=O)O)C1. The quantitative estimate of drug-likeness (QED) is 0.559. The monoisotopic (exact) mass is 244 g/mol. The zero-order chi connectivity index (χ0) is 12.8. The van der Waals surface area contributed by atoms with Crippen molar-refractivity contribution in [3.8, 4) is 0 Å². The summed E-state index contributed by atoms with van der Waals surface area (Å²) >= 11 is 0. The fourth-order valence-electron chi connectivity index (χ4n) is 2.02. The van der Waals surface area contributed by atoms with Gasteiger partial charge in [-0.25, -0.2) is 9.59 Å². The van der Waals surface area contributed by atoms with Crippen molar-refractivity contribution in [3.05, 3.63) is 0 Å². The molecular formula is C11H20N2O4. The Balaban J connectivity index is 2.11. The van der Waals surface area contributed by atoms with E-state index >= 15 is 0 Å². The van der Waals surface area contributed by atoms with Crippen molar-refractivity contribution < 1.29 is 19.8 Å². The normalized spacial score (nSPS) is 25.3. The molecule has 0 radical (unpaired) electrons. The third-order valence-electron chi connectivity index (χ3n) is 3.02. The van der Waals surface area contributed by atoms with Crippen LogP contribution < -0.4 is 10.6 Å². The average Bonchev–Trinajstić information content (AvgIpc) is 2.63. The summed E-state index contributed by atoms with van der Waals surface area (Å²) in [4.78, 5) is 21.7. The Morgan fingerprint density at radius 2 is 2.12 bits per heavy atom. The lowest BCUT2D eigenvalue weighted by Crippen LogP contribution is -2.42. The summed E-state index contributed by atoms with van der Waals surface area (Å²) in [5.41, 5.74) is 0. The number of hydrogen-bond donors (Lipinski definition) is 4. The van der Waals surface area contributed by atoms with E-state index in [1.165, 1.54) is 0 Å². The molecule has 4 N–H and O–H groups in total. The lowest BCUT2D eigenvalue weighted by atomic mass is 10.1. The highest BCUT2D eigenvalue weighted by Crippen LogP contribution is 2.24. The van der Waals surface area contributed by atoms with Crippen molar-refractivity contribution in [2.45, 2.75) is 44.8 Å².